The number of halogens is 2. The van der Waals surface area contributed by atoms with E-state index in [0.717, 1.165) is 5.56 Å². The SMILES string of the molecule is COc1c(Cl)cc(/C(O)=C2\C(=O)C(=O)N(CCOC(C)C)C2c2cccc(C)c2)c(OC)c1Cl. The van der Waals surface area contributed by atoms with Crippen molar-refractivity contribution in [2.24, 2.45) is 0 Å². The largest absolute Gasteiger partial charge is 0.507 e. The van der Waals surface area contributed by atoms with E-state index >= 15 is 0 Å². The molecule has 0 saturated carbocycles. The second kappa shape index (κ2) is 10.7. The smallest absolute Gasteiger partial charge is 0.295 e. The highest BCUT2D eigenvalue weighted by Crippen LogP contribution is 2.47. The molecule has 1 aliphatic heterocycles. The number of aliphatic hydroxyl groups is 1. The van der Waals surface area contributed by atoms with Crippen molar-refractivity contribution in [3.05, 3.63) is 62.6 Å². The third-order valence-electron chi connectivity index (χ3n) is 5.48. The van der Waals surface area contributed by atoms with Crippen LogP contribution in [0.2, 0.25) is 10.0 Å². The number of rotatable bonds is 8. The maximum absolute atomic E-state index is 13.2. The molecular weight excluding hydrogens is 481 g/mol. The summed E-state index contributed by atoms with van der Waals surface area (Å²) in [6.07, 6.45) is -0.0397. The molecule has 1 heterocycles. The molecule has 1 atom stereocenters. The minimum atomic E-state index is -0.833. The van der Waals surface area contributed by atoms with Crippen LogP contribution >= 0.6 is 23.2 Å². The zero-order chi connectivity index (χ0) is 25.2. The highest BCUT2D eigenvalue weighted by molar-refractivity contribution is 6.47. The van der Waals surface area contributed by atoms with E-state index in [1.807, 2.05) is 39.0 Å². The molecule has 1 aliphatic rings. The van der Waals surface area contributed by atoms with E-state index in [2.05, 4.69) is 0 Å². The van der Waals surface area contributed by atoms with Crippen LogP contribution in [0.5, 0.6) is 11.5 Å². The van der Waals surface area contributed by atoms with E-state index in [4.69, 9.17) is 37.4 Å². The molecule has 0 radical (unpaired) electrons. The molecule has 3 rings (SSSR count). The van der Waals surface area contributed by atoms with Crippen molar-refractivity contribution >= 4 is 40.7 Å². The average Bonchev–Trinajstić information content (AvgIpc) is 3.03. The number of hydrogen-bond acceptors (Lipinski definition) is 6. The summed E-state index contributed by atoms with van der Waals surface area (Å²) in [6.45, 7) is 6.07. The van der Waals surface area contributed by atoms with Gasteiger partial charge in [0.2, 0.25) is 0 Å². The van der Waals surface area contributed by atoms with Crippen LogP contribution in [0.25, 0.3) is 5.76 Å². The summed E-state index contributed by atoms with van der Waals surface area (Å²) < 4.78 is 16.2. The Balaban J connectivity index is 2.23. The van der Waals surface area contributed by atoms with Gasteiger partial charge in [0, 0.05) is 6.54 Å². The molecule has 0 spiro atoms. The fourth-order valence-corrected chi connectivity index (χ4v) is 4.66. The van der Waals surface area contributed by atoms with Gasteiger partial charge in [-0.2, -0.15) is 0 Å². The monoisotopic (exact) mass is 507 g/mol. The molecule has 182 valence electrons. The highest BCUT2D eigenvalue weighted by Gasteiger charge is 2.46. The molecule has 0 aromatic heterocycles. The van der Waals surface area contributed by atoms with E-state index in [9.17, 15) is 14.7 Å². The van der Waals surface area contributed by atoms with Crippen LogP contribution < -0.4 is 9.47 Å². The zero-order valence-electron chi connectivity index (χ0n) is 19.6. The van der Waals surface area contributed by atoms with Crippen molar-refractivity contribution in [3.63, 3.8) is 0 Å². The summed E-state index contributed by atoms with van der Waals surface area (Å²) in [6, 6.07) is 7.97. The molecule has 1 fully saturated rings. The van der Waals surface area contributed by atoms with Crippen LogP contribution in [0.15, 0.2) is 35.9 Å². The van der Waals surface area contributed by atoms with Gasteiger partial charge in [-0.25, -0.2) is 0 Å². The average molecular weight is 508 g/mol. The van der Waals surface area contributed by atoms with E-state index in [1.165, 1.54) is 25.2 Å². The molecule has 0 bridgehead atoms. The molecular formula is C25H27Cl2NO6. The quantitative estimate of drug-likeness (QED) is 0.301. The van der Waals surface area contributed by atoms with Crippen molar-refractivity contribution in [1.82, 2.24) is 4.90 Å². The van der Waals surface area contributed by atoms with Crippen LogP contribution in [0.4, 0.5) is 0 Å². The fourth-order valence-electron chi connectivity index (χ4n) is 3.98. The van der Waals surface area contributed by atoms with Gasteiger partial charge in [-0.1, -0.05) is 53.0 Å². The Morgan fingerprint density at radius 3 is 2.38 bits per heavy atom. The maximum Gasteiger partial charge on any atom is 0.295 e. The van der Waals surface area contributed by atoms with Crippen molar-refractivity contribution in [3.8, 4) is 11.5 Å². The van der Waals surface area contributed by atoms with E-state index in [1.54, 1.807) is 6.07 Å². The molecule has 34 heavy (non-hydrogen) atoms. The maximum atomic E-state index is 13.2. The number of methoxy groups -OCH3 is 2. The lowest BCUT2D eigenvalue weighted by molar-refractivity contribution is -0.140. The number of hydrogen-bond donors (Lipinski definition) is 1. The Labute approximate surface area is 208 Å². The van der Waals surface area contributed by atoms with Crippen molar-refractivity contribution in [2.75, 3.05) is 27.4 Å². The van der Waals surface area contributed by atoms with Crippen LogP contribution in [-0.2, 0) is 14.3 Å². The molecule has 7 nitrogen and oxygen atoms in total. The van der Waals surface area contributed by atoms with E-state index < -0.39 is 23.5 Å². The van der Waals surface area contributed by atoms with Gasteiger partial charge in [0.25, 0.3) is 11.7 Å². The number of amides is 1. The first-order chi connectivity index (χ1) is 16.1. The summed E-state index contributed by atoms with van der Waals surface area (Å²) in [5.41, 5.74) is 1.60. The number of aliphatic hydroxyl groups excluding tert-OH is 1. The Hall–Kier alpha value is -2.74. The molecule has 9 heteroatoms. The van der Waals surface area contributed by atoms with Gasteiger partial charge in [-0.3, -0.25) is 9.59 Å². The van der Waals surface area contributed by atoms with Crippen molar-refractivity contribution in [1.29, 1.82) is 0 Å². The minimum Gasteiger partial charge on any atom is -0.507 e. The first-order valence-electron chi connectivity index (χ1n) is 10.7. The zero-order valence-corrected chi connectivity index (χ0v) is 21.2. The molecule has 2 aromatic rings. The first-order valence-corrected chi connectivity index (χ1v) is 11.4. The number of Topliss-reactive ketones (excluding diaryl/α,β-unsaturated/α-hetero) is 1. The Morgan fingerprint density at radius 2 is 1.79 bits per heavy atom. The number of likely N-dealkylation sites (tertiary alicyclic amines) is 1. The molecule has 1 N–H and O–H groups in total. The van der Waals surface area contributed by atoms with E-state index in [0.29, 0.717) is 5.56 Å². The molecule has 0 aliphatic carbocycles. The molecule has 1 unspecified atom stereocenters. The molecule has 1 saturated heterocycles. The Kier molecular flexibility index (Phi) is 8.13. The summed E-state index contributed by atoms with van der Waals surface area (Å²) in [7, 11) is 2.76. The third-order valence-corrected chi connectivity index (χ3v) is 6.10. The predicted octanol–water partition coefficient (Wildman–Crippen LogP) is 5.17. The number of nitrogens with zero attached hydrogens (tertiary/aromatic N) is 1. The number of aryl methyl sites for hydroxylation is 1. The van der Waals surface area contributed by atoms with Gasteiger partial charge in [0.05, 0.1) is 49.1 Å². The van der Waals surface area contributed by atoms with Gasteiger partial charge in [0.15, 0.2) is 11.5 Å². The third kappa shape index (κ3) is 4.87. The molecule has 1 amide bonds. The summed E-state index contributed by atoms with van der Waals surface area (Å²) in [5.74, 6) is -1.76. The topological polar surface area (TPSA) is 85.3 Å². The van der Waals surface area contributed by atoms with Gasteiger partial charge in [-0.15, -0.1) is 0 Å². The number of ether oxygens (including phenoxy) is 3. The summed E-state index contributed by atoms with van der Waals surface area (Å²) >= 11 is 12.7. The lowest BCUT2D eigenvalue weighted by Gasteiger charge is -2.26. The normalized spacial score (nSPS) is 17.5. The number of benzene rings is 2. The van der Waals surface area contributed by atoms with Crippen LogP contribution in [0.3, 0.4) is 0 Å². The van der Waals surface area contributed by atoms with Crippen LogP contribution in [0, 0.1) is 6.92 Å². The number of carbonyl (C=O) groups excluding carboxylic acids is 2. The predicted molar refractivity (Wildman–Crippen MR) is 131 cm³/mol. The summed E-state index contributed by atoms with van der Waals surface area (Å²) in [4.78, 5) is 27.7. The second-order valence-electron chi connectivity index (χ2n) is 8.11. The highest BCUT2D eigenvalue weighted by atomic mass is 35.5. The van der Waals surface area contributed by atoms with Crippen LogP contribution in [-0.4, -0.2) is 55.2 Å². The lowest BCUT2D eigenvalue weighted by atomic mass is 9.94. The van der Waals surface area contributed by atoms with Gasteiger partial charge in [-0.05, 0) is 32.4 Å². The minimum absolute atomic E-state index is 0.0331. The number of ketones is 1. The van der Waals surface area contributed by atoms with Gasteiger partial charge >= 0.3 is 0 Å². The van der Waals surface area contributed by atoms with Gasteiger partial charge in [0.1, 0.15) is 10.8 Å². The van der Waals surface area contributed by atoms with Crippen molar-refractivity contribution < 1.29 is 28.9 Å². The first kappa shape index (κ1) is 25.9. The summed E-state index contributed by atoms with van der Waals surface area (Å²) in [5, 5.41) is 11.5. The van der Waals surface area contributed by atoms with Crippen molar-refractivity contribution in [2.45, 2.75) is 32.9 Å². The standard InChI is InChI=1S/C25H27Cl2NO6/c1-13(2)34-10-9-28-20(15-8-6-7-14(3)11-15)18(22(30)25(28)31)21(29)16-12-17(26)24(33-5)19(27)23(16)32-4/h6-8,11-13,20,29H,9-10H2,1-5H3/b21-18+. The Morgan fingerprint density at radius 1 is 1.12 bits per heavy atom. The van der Waals surface area contributed by atoms with Gasteiger partial charge < -0.3 is 24.2 Å². The molecule has 2 aromatic carbocycles. The Bertz CT molecular complexity index is 1140. The second-order valence-corrected chi connectivity index (χ2v) is 8.90. The lowest BCUT2D eigenvalue weighted by Crippen LogP contribution is -2.33. The van der Waals surface area contributed by atoms with Crippen LogP contribution in [0.1, 0.15) is 36.6 Å². The fraction of sp³-hybridized carbons (Fsp3) is 0.360. The van der Waals surface area contributed by atoms with E-state index in [-0.39, 0.29) is 51.9 Å². The number of carbonyl (C=O) groups is 2.